The van der Waals surface area contributed by atoms with Crippen molar-refractivity contribution in [1.29, 1.82) is 0 Å². The summed E-state index contributed by atoms with van der Waals surface area (Å²) in [5, 5.41) is 0. The van der Waals surface area contributed by atoms with Gasteiger partial charge in [-0.05, 0) is 66.4 Å². The number of benzene rings is 1. The van der Waals surface area contributed by atoms with Crippen molar-refractivity contribution in [2.45, 2.75) is 19.3 Å². The van der Waals surface area contributed by atoms with Gasteiger partial charge in [-0.2, -0.15) is 0 Å². The minimum absolute atomic E-state index is 0. The summed E-state index contributed by atoms with van der Waals surface area (Å²) >= 11 is 2.23. The molecule has 1 heterocycles. The Bertz CT molecular complexity index is 426. The molecule has 1 amide bonds. The molecule has 106 valence electrons. The van der Waals surface area contributed by atoms with Crippen LogP contribution in [0.15, 0.2) is 24.3 Å². The Morgan fingerprint density at radius 2 is 2.16 bits per heavy atom. The predicted molar refractivity (Wildman–Crippen MR) is 88.7 cm³/mol. The maximum absolute atomic E-state index is 12.5. The molecule has 0 radical (unpaired) electrons. The lowest BCUT2D eigenvalue weighted by Gasteiger charge is -2.33. The summed E-state index contributed by atoms with van der Waals surface area (Å²) in [4.78, 5) is 14.4. The lowest BCUT2D eigenvalue weighted by molar-refractivity contribution is 0.0668. The zero-order valence-electron chi connectivity index (χ0n) is 10.8. The van der Waals surface area contributed by atoms with E-state index in [1.54, 1.807) is 0 Å². The average molecular weight is 395 g/mol. The Balaban J connectivity index is 0.00000180. The quantitative estimate of drug-likeness (QED) is 0.801. The molecule has 1 aromatic carbocycles. The van der Waals surface area contributed by atoms with E-state index in [-0.39, 0.29) is 18.3 Å². The van der Waals surface area contributed by atoms with Crippen LogP contribution in [-0.2, 0) is 0 Å². The lowest BCUT2D eigenvalue weighted by atomic mass is 9.94. The largest absolute Gasteiger partial charge is 0.338 e. The molecule has 1 aromatic rings. The van der Waals surface area contributed by atoms with Crippen molar-refractivity contribution in [3.8, 4) is 0 Å². The summed E-state index contributed by atoms with van der Waals surface area (Å²) in [5.41, 5.74) is 6.44. The number of carbonyl (C=O) groups is 1. The molecule has 0 saturated carbocycles. The highest BCUT2D eigenvalue weighted by Gasteiger charge is 2.24. The van der Waals surface area contributed by atoms with E-state index >= 15 is 0 Å². The fourth-order valence-electron chi connectivity index (χ4n) is 2.53. The Hall–Kier alpha value is -0.330. The Morgan fingerprint density at radius 1 is 1.42 bits per heavy atom. The minimum Gasteiger partial charge on any atom is -0.338 e. The van der Waals surface area contributed by atoms with Gasteiger partial charge in [0.1, 0.15) is 0 Å². The minimum atomic E-state index is 0. The van der Waals surface area contributed by atoms with Gasteiger partial charge < -0.3 is 10.6 Å². The number of amides is 1. The monoisotopic (exact) mass is 394 g/mol. The fraction of sp³-hybridized carbons (Fsp3) is 0.500. The molecule has 1 fully saturated rings. The van der Waals surface area contributed by atoms with E-state index in [0.29, 0.717) is 5.92 Å². The Morgan fingerprint density at radius 3 is 2.84 bits per heavy atom. The summed E-state index contributed by atoms with van der Waals surface area (Å²) in [6.07, 6.45) is 3.32. The van der Waals surface area contributed by atoms with E-state index in [9.17, 15) is 4.79 Å². The van der Waals surface area contributed by atoms with Crippen LogP contribution in [-0.4, -0.2) is 30.4 Å². The first-order valence-electron chi connectivity index (χ1n) is 6.46. The van der Waals surface area contributed by atoms with Gasteiger partial charge >= 0.3 is 0 Å². The maximum atomic E-state index is 12.5. The third-order valence-electron chi connectivity index (χ3n) is 3.49. The topological polar surface area (TPSA) is 46.3 Å². The number of nitrogens with two attached hydrogens (primary N) is 1. The number of rotatable bonds is 3. The lowest BCUT2D eigenvalue weighted by Crippen LogP contribution is -2.40. The molecule has 3 nitrogen and oxygen atoms in total. The van der Waals surface area contributed by atoms with Crippen molar-refractivity contribution in [3.63, 3.8) is 0 Å². The summed E-state index contributed by atoms with van der Waals surface area (Å²) in [6, 6.07) is 7.79. The van der Waals surface area contributed by atoms with E-state index < -0.39 is 0 Å². The van der Waals surface area contributed by atoms with Crippen LogP contribution in [0.25, 0.3) is 0 Å². The molecule has 1 atom stereocenters. The number of piperidine rings is 1. The molecule has 0 spiro atoms. The summed E-state index contributed by atoms with van der Waals surface area (Å²) in [7, 11) is 0. The number of likely N-dealkylation sites (tertiary alicyclic amines) is 1. The van der Waals surface area contributed by atoms with E-state index in [1.807, 2.05) is 29.2 Å². The molecule has 5 heteroatoms. The van der Waals surface area contributed by atoms with Crippen molar-refractivity contribution in [3.05, 3.63) is 33.4 Å². The van der Waals surface area contributed by atoms with Gasteiger partial charge in [0, 0.05) is 16.7 Å². The molecule has 1 aliphatic rings. The summed E-state index contributed by atoms with van der Waals surface area (Å²) < 4.78 is 1.03. The third-order valence-corrected chi connectivity index (χ3v) is 4.43. The molecule has 1 saturated heterocycles. The summed E-state index contributed by atoms with van der Waals surface area (Å²) in [5.74, 6) is 0.746. The van der Waals surface area contributed by atoms with Gasteiger partial charge in [-0.15, -0.1) is 12.4 Å². The van der Waals surface area contributed by atoms with Gasteiger partial charge in [-0.25, -0.2) is 0 Å². The second-order valence-corrected chi connectivity index (χ2v) is 5.98. The van der Waals surface area contributed by atoms with Crippen LogP contribution in [0, 0.1) is 9.49 Å². The fourth-order valence-corrected chi connectivity index (χ4v) is 3.14. The van der Waals surface area contributed by atoms with Gasteiger partial charge in [0.05, 0.1) is 5.56 Å². The van der Waals surface area contributed by atoms with Crippen molar-refractivity contribution < 1.29 is 4.79 Å². The van der Waals surface area contributed by atoms with Crippen LogP contribution >= 0.6 is 35.0 Å². The van der Waals surface area contributed by atoms with Crippen LogP contribution in [0.5, 0.6) is 0 Å². The molecule has 0 aromatic heterocycles. The number of hydrogen-bond acceptors (Lipinski definition) is 2. The Labute approximate surface area is 134 Å². The molecule has 0 bridgehead atoms. The zero-order valence-corrected chi connectivity index (χ0v) is 13.8. The van der Waals surface area contributed by atoms with Crippen molar-refractivity contribution in [2.75, 3.05) is 19.6 Å². The molecule has 0 aliphatic carbocycles. The number of nitrogens with zero attached hydrogens (tertiary/aromatic N) is 1. The number of hydrogen-bond donors (Lipinski definition) is 1. The normalized spacial score (nSPS) is 18.8. The second-order valence-electron chi connectivity index (χ2n) is 4.82. The first-order valence-corrected chi connectivity index (χ1v) is 7.54. The molecular formula is C14H20ClIN2O. The molecule has 1 aliphatic heterocycles. The molecule has 2 N–H and O–H groups in total. The van der Waals surface area contributed by atoms with Gasteiger partial charge in [0.2, 0.25) is 0 Å². The van der Waals surface area contributed by atoms with Gasteiger partial charge in [0.25, 0.3) is 5.91 Å². The molecule has 1 unspecified atom stereocenters. The van der Waals surface area contributed by atoms with Crippen LogP contribution in [0.2, 0.25) is 0 Å². The molecular weight excluding hydrogens is 375 g/mol. The number of halogens is 2. The van der Waals surface area contributed by atoms with Gasteiger partial charge in [-0.1, -0.05) is 12.1 Å². The van der Waals surface area contributed by atoms with E-state index in [0.717, 1.165) is 41.6 Å². The van der Waals surface area contributed by atoms with Crippen LogP contribution < -0.4 is 5.73 Å². The smallest absolute Gasteiger partial charge is 0.254 e. The maximum Gasteiger partial charge on any atom is 0.254 e. The standard InChI is InChI=1S/C14H19IN2O.ClH/c15-13-6-2-1-5-12(13)14(18)17-9-3-4-11(10-17)7-8-16;/h1-2,5-6,11H,3-4,7-10,16H2;1H. The van der Waals surface area contributed by atoms with E-state index in [4.69, 9.17) is 5.73 Å². The van der Waals surface area contributed by atoms with Crippen LogP contribution in [0.1, 0.15) is 29.6 Å². The predicted octanol–water partition coefficient (Wildman–Crippen LogP) is 2.91. The SMILES string of the molecule is Cl.NCCC1CCCN(C(=O)c2ccccc2I)C1. The van der Waals surface area contributed by atoms with Gasteiger partial charge in [-0.3, -0.25) is 4.79 Å². The highest BCUT2D eigenvalue weighted by molar-refractivity contribution is 14.1. The van der Waals surface area contributed by atoms with Gasteiger partial charge in [0.15, 0.2) is 0 Å². The van der Waals surface area contributed by atoms with Crippen molar-refractivity contribution in [1.82, 2.24) is 4.90 Å². The van der Waals surface area contributed by atoms with E-state index in [1.165, 1.54) is 6.42 Å². The number of carbonyl (C=O) groups excluding carboxylic acids is 1. The van der Waals surface area contributed by atoms with Crippen LogP contribution in [0.3, 0.4) is 0 Å². The average Bonchev–Trinajstić information content (AvgIpc) is 2.39. The summed E-state index contributed by atoms with van der Waals surface area (Å²) in [6.45, 7) is 2.46. The van der Waals surface area contributed by atoms with E-state index in [2.05, 4.69) is 22.6 Å². The highest BCUT2D eigenvalue weighted by atomic mass is 127. The van der Waals surface area contributed by atoms with Crippen molar-refractivity contribution in [2.24, 2.45) is 11.7 Å². The highest BCUT2D eigenvalue weighted by Crippen LogP contribution is 2.22. The first-order chi connectivity index (χ1) is 8.72. The Kier molecular flexibility index (Phi) is 7.10. The third kappa shape index (κ3) is 4.33. The molecule has 19 heavy (non-hydrogen) atoms. The zero-order chi connectivity index (χ0) is 13.0. The second kappa shape index (κ2) is 8.07. The first kappa shape index (κ1) is 16.7. The molecule has 2 rings (SSSR count). The van der Waals surface area contributed by atoms with Crippen molar-refractivity contribution >= 4 is 40.9 Å². The van der Waals surface area contributed by atoms with Crippen LogP contribution in [0.4, 0.5) is 0 Å².